The van der Waals surface area contributed by atoms with Gasteiger partial charge >= 0.3 is 0 Å². The fourth-order valence-electron chi connectivity index (χ4n) is 3.12. The van der Waals surface area contributed by atoms with Crippen LogP contribution in [0.1, 0.15) is 25.3 Å². The van der Waals surface area contributed by atoms with Crippen molar-refractivity contribution < 1.29 is 19.0 Å². The van der Waals surface area contributed by atoms with E-state index in [4.69, 9.17) is 9.47 Å². The van der Waals surface area contributed by atoms with Gasteiger partial charge in [0.05, 0.1) is 19.2 Å². The highest BCUT2D eigenvalue weighted by atomic mass is 19.1. The van der Waals surface area contributed by atoms with Crippen molar-refractivity contribution in [2.24, 2.45) is 4.99 Å². The van der Waals surface area contributed by atoms with Gasteiger partial charge in [-0.25, -0.2) is 4.39 Å². The van der Waals surface area contributed by atoms with E-state index < -0.39 is 5.82 Å². The summed E-state index contributed by atoms with van der Waals surface area (Å²) in [6.45, 7) is 5.80. The predicted octanol–water partition coefficient (Wildman–Crippen LogP) is 2.39. The molecule has 6 nitrogen and oxygen atoms in total. The summed E-state index contributed by atoms with van der Waals surface area (Å²) >= 11 is 0. The molecule has 1 unspecified atom stereocenters. The molecule has 0 radical (unpaired) electrons. The molecule has 0 bridgehead atoms. The molecule has 1 fully saturated rings. The molecular weight excluding hydrogens is 349 g/mol. The number of halogens is 1. The Morgan fingerprint density at radius 1 is 1.52 bits per heavy atom. The molecule has 148 valence electrons. The van der Waals surface area contributed by atoms with Gasteiger partial charge < -0.3 is 19.9 Å². The van der Waals surface area contributed by atoms with Crippen molar-refractivity contribution in [3.05, 3.63) is 35.7 Å². The molecule has 2 aliphatic heterocycles. The van der Waals surface area contributed by atoms with Gasteiger partial charge in [0, 0.05) is 26.8 Å². The average molecular weight is 377 g/mol. The van der Waals surface area contributed by atoms with Crippen LogP contribution < -0.4 is 5.32 Å². The summed E-state index contributed by atoms with van der Waals surface area (Å²) in [7, 11) is 1.67. The van der Waals surface area contributed by atoms with Gasteiger partial charge in [-0.05, 0) is 43.0 Å². The van der Waals surface area contributed by atoms with Crippen LogP contribution in [0.2, 0.25) is 0 Å². The fraction of sp³-hybridized carbons (Fsp3) is 0.550. The minimum atomic E-state index is -0.591. The van der Waals surface area contributed by atoms with E-state index in [1.165, 1.54) is 12.1 Å². The van der Waals surface area contributed by atoms with Crippen LogP contribution in [0.5, 0.6) is 5.75 Å². The van der Waals surface area contributed by atoms with Gasteiger partial charge in [0.2, 0.25) is 0 Å². The highest BCUT2D eigenvalue weighted by molar-refractivity contribution is 5.84. The van der Waals surface area contributed by atoms with Crippen molar-refractivity contribution in [3.8, 4) is 5.75 Å². The van der Waals surface area contributed by atoms with E-state index in [2.05, 4.69) is 21.3 Å². The third-order valence-corrected chi connectivity index (χ3v) is 4.99. The van der Waals surface area contributed by atoms with Crippen LogP contribution in [0.3, 0.4) is 0 Å². The Balaban J connectivity index is 1.60. The van der Waals surface area contributed by atoms with Crippen molar-refractivity contribution >= 4 is 11.4 Å². The Hall–Kier alpha value is -1.96. The number of aliphatic imine (C=N–C) groups is 1. The number of rotatable bonds is 7. The number of methoxy groups -OCH3 is 1. The molecule has 0 saturated carbocycles. The van der Waals surface area contributed by atoms with Gasteiger partial charge in [-0.3, -0.25) is 9.89 Å². The highest BCUT2D eigenvalue weighted by Crippen LogP contribution is 2.26. The van der Waals surface area contributed by atoms with E-state index in [-0.39, 0.29) is 18.1 Å². The highest BCUT2D eigenvalue weighted by Gasteiger charge is 2.20. The van der Waals surface area contributed by atoms with E-state index in [1.807, 2.05) is 6.92 Å². The maximum absolute atomic E-state index is 13.2. The number of phenolic OH excluding ortho intramolecular Hbond substituents is 1. The first-order valence-electron chi connectivity index (χ1n) is 9.39. The van der Waals surface area contributed by atoms with Crippen molar-refractivity contribution in [2.45, 2.75) is 32.1 Å². The molecule has 27 heavy (non-hydrogen) atoms. The molecule has 0 aromatic heterocycles. The van der Waals surface area contributed by atoms with Crippen LogP contribution in [0.4, 0.5) is 4.39 Å². The molecule has 0 amide bonds. The molecule has 7 heteroatoms. The first-order chi connectivity index (χ1) is 13.0. The number of amidine groups is 1. The number of nitrogens with zero attached hydrogens (tertiary/aromatic N) is 2. The zero-order valence-electron chi connectivity index (χ0n) is 15.9. The van der Waals surface area contributed by atoms with E-state index >= 15 is 0 Å². The topological polar surface area (TPSA) is 66.3 Å². The summed E-state index contributed by atoms with van der Waals surface area (Å²) in [4.78, 5) is 6.98. The second-order valence-corrected chi connectivity index (χ2v) is 6.97. The summed E-state index contributed by atoms with van der Waals surface area (Å²) in [5.74, 6) is 0.00348. The summed E-state index contributed by atoms with van der Waals surface area (Å²) in [5, 5.41) is 12.9. The summed E-state index contributed by atoms with van der Waals surface area (Å²) in [6.07, 6.45) is 4.16. The zero-order chi connectivity index (χ0) is 19.2. The monoisotopic (exact) mass is 377 g/mol. The third-order valence-electron chi connectivity index (χ3n) is 4.99. The molecule has 1 aromatic carbocycles. The lowest BCUT2D eigenvalue weighted by Gasteiger charge is -2.29. The Labute approximate surface area is 159 Å². The van der Waals surface area contributed by atoms with E-state index in [0.717, 1.165) is 49.5 Å². The Kier molecular flexibility index (Phi) is 6.82. The number of aromatic hydroxyl groups is 1. The SMILES string of the molecule is COC(C)NC(CN1CC=C(c2ccc(F)c(O)c2)CC1)=NC[C@@H]1CCO1. The predicted molar refractivity (Wildman–Crippen MR) is 103 cm³/mol. The molecular formula is C20H28FN3O3. The summed E-state index contributed by atoms with van der Waals surface area (Å²) in [5.41, 5.74) is 2.00. The van der Waals surface area contributed by atoms with E-state index in [0.29, 0.717) is 13.1 Å². The number of benzene rings is 1. The van der Waals surface area contributed by atoms with Crippen LogP contribution in [0.15, 0.2) is 29.3 Å². The molecule has 2 N–H and O–H groups in total. The molecule has 2 aliphatic rings. The first kappa shape index (κ1) is 19.8. The first-order valence-corrected chi connectivity index (χ1v) is 9.39. The lowest BCUT2D eigenvalue weighted by Crippen LogP contribution is -2.44. The summed E-state index contributed by atoms with van der Waals surface area (Å²) in [6, 6.07) is 4.51. The van der Waals surface area contributed by atoms with Gasteiger partial charge in [-0.1, -0.05) is 12.1 Å². The largest absolute Gasteiger partial charge is 0.505 e. The number of phenols is 1. The smallest absolute Gasteiger partial charge is 0.164 e. The van der Waals surface area contributed by atoms with Crippen molar-refractivity contribution in [2.75, 3.05) is 39.9 Å². The molecule has 1 aromatic rings. The van der Waals surface area contributed by atoms with Gasteiger partial charge in [0.25, 0.3) is 0 Å². The third kappa shape index (κ3) is 5.51. The van der Waals surface area contributed by atoms with E-state index in [9.17, 15) is 9.50 Å². The second-order valence-electron chi connectivity index (χ2n) is 6.97. The molecule has 2 atom stereocenters. The van der Waals surface area contributed by atoms with Crippen LogP contribution in [-0.2, 0) is 9.47 Å². The Morgan fingerprint density at radius 2 is 2.33 bits per heavy atom. The standard InChI is InChI=1S/C20H28FN3O3/c1-14(26-2)23-20(22-12-17-7-10-27-17)13-24-8-5-15(6-9-24)16-3-4-18(21)19(25)11-16/h3-5,11,14,17,25H,6-10,12-13H2,1-2H3,(H,22,23)/t14?,17-/m0/s1. The van der Waals surface area contributed by atoms with Crippen LogP contribution in [0, 0.1) is 5.82 Å². The molecule has 2 heterocycles. The number of nitrogens with one attached hydrogen (secondary N) is 1. The number of ether oxygens (including phenoxy) is 2. The maximum atomic E-state index is 13.2. The number of hydrogen-bond acceptors (Lipinski definition) is 5. The van der Waals surface area contributed by atoms with Crippen LogP contribution in [-0.4, -0.2) is 68.1 Å². The number of hydrogen-bond donors (Lipinski definition) is 2. The maximum Gasteiger partial charge on any atom is 0.164 e. The zero-order valence-corrected chi connectivity index (χ0v) is 15.9. The van der Waals surface area contributed by atoms with Gasteiger partial charge in [-0.15, -0.1) is 0 Å². The summed E-state index contributed by atoms with van der Waals surface area (Å²) < 4.78 is 24.0. The van der Waals surface area contributed by atoms with Crippen molar-refractivity contribution in [1.82, 2.24) is 10.2 Å². The second kappa shape index (κ2) is 9.30. The lowest BCUT2D eigenvalue weighted by atomic mass is 9.99. The normalized spacial score (nSPS) is 22.1. The minimum Gasteiger partial charge on any atom is -0.505 e. The fourth-order valence-corrected chi connectivity index (χ4v) is 3.12. The van der Waals surface area contributed by atoms with Gasteiger partial charge in [-0.2, -0.15) is 0 Å². The lowest BCUT2D eigenvalue weighted by molar-refractivity contribution is -0.0433. The minimum absolute atomic E-state index is 0.107. The molecule has 0 aliphatic carbocycles. The molecule has 1 saturated heterocycles. The van der Waals surface area contributed by atoms with E-state index in [1.54, 1.807) is 13.2 Å². The van der Waals surface area contributed by atoms with Crippen LogP contribution >= 0.6 is 0 Å². The van der Waals surface area contributed by atoms with Gasteiger partial charge in [0.15, 0.2) is 11.6 Å². The van der Waals surface area contributed by atoms with Gasteiger partial charge in [0.1, 0.15) is 12.1 Å². The molecule has 0 spiro atoms. The Bertz CT molecular complexity index is 704. The molecule has 3 rings (SSSR count). The van der Waals surface area contributed by atoms with Crippen LogP contribution in [0.25, 0.3) is 5.57 Å². The van der Waals surface area contributed by atoms with Crippen molar-refractivity contribution in [1.29, 1.82) is 0 Å². The van der Waals surface area contributed by atoms with Crippen molar-refractivity contribution in [3.63, 3.8) is 0 Å². The Morgan fingerprint density at radius 3 is 2.93 bits per heavy atom. The average Bonchev–Trinajstić information content (AvgIpc) is 2.63. The quantitative estimate of drug-likeness (QED) is 0.434.